The zero-order valence-electron chi connectivity index (χ0n) is 60.3. The van der Waals surface area contributed by atoms with Gasteiger partial charge in [0.1, 0.15) is 47.8 Å². The Morgan fingerprint density at radius 2 is 1.24 bits per heavy atom. The molecule has 3 heterocycles. The third kappa shape index (κ3) is 19.9. The number of carbonyl (C=O) groups excluding carboxylic acids is 12. The quantitative estimate of drug-likeness (QED) is 0.263. The van der Waals surface area contributed by atoms with E-state index in [1.807, 2.05) is 6.92 Å². The normalized spacial score (nSPS) is 26.9. The van der Waals surface area contributed by atoms with Gasteiger partial charge in [0.25, 0.3) is 0 Å². The fourth-order valence-corrected chi connectivity index (χ4v) is 15.8. The number of hydrogen-bond donors (Lipinski definition) is 3. The van der Waals surface area contributed by atoms with Gasteiger partial charge in [-0.1, -0.05) is 102 Å². The molecule has 6 aliphatic rings. The lowest BCUT2D eigenvalue weighted by atomic mass is 9.81. The van der Waals surface area contributed by atoms with E-state index in [1.54, 1.807) is 11.8 Å². The summed E-state index contributed by atoms with van der Waals surface area (Å²) < 4.78 is 47.1. The second-order valence-corrected chi connectivity index (χ2v) is 29.4. The molecule has 0 bridgehead atoms. The van der Waals surface area contributed by atoms with Crippen molar-refractivity contribution in [2.45, 2.75) is 222 Å². The predicted octanol–water partition coefficient (Wildman–Crippen LogP) is 5.02. The molecule has 0 radical (unpaired) electrons. The number of amides is 12. The number of nitrogens with zero attached hydrogens (tertiary/aromatic N) is 9. The molecule has 1 aromatic carbocycles. The number of piperidine rings is 1. The van der Waals surface area contributed by atoms with Gasteiger partial charge < -0.3 is 64.8 Å². The van der Waals surface area contributed by atoms with E-state index >= 15 is 24.0 Å². The standard InChI is InChI=1S/C71H108ClF3N12O13/c1-11-45(2)60-67(97)81(5)42-58(90)79(3)43-59(91)82(6)53(39-46-24-15-12-16-25-46)65(95)80(4)41-56(88)76-51(32-30-47-29-31-49(50(72)38-47)71(73,74)75)64(94)87-37-23-28-52(87)63(93)78-70(33-19-20-34-70)69(99)85(9)61(48-26-17-13-18-27-48)68(98)84(8)54(66(96)86-35-21-14-22-36-86)40-57(89)83(7)55(44-100-10)62(92)77-60/h29,31,38,45-46,48,51-55,60-61H,11-28,30,32-37,39-44H2,1-10H3,(H,76,88)(H,77,92)(H,78,93)/t45-,51-,52?,53-,54-,55-,60-,61-/m0/s1. The first kappa shape index (κ1) is 80.2. The van der Waals surface area contributed by atoms with Crippen LogP contribution < -0.4 is 16.0 Å². The van der Waals surface area contributed by atoms with Gasteiger partial charge in [-0.15, -0.1) is 0 Å². The van der Waals surface area contributed by atoms with Crippen LogP contribution in [-0.4, -0.2) is 265 Å². The molecule has 6 fully saturated rings. The summed E-state index contributed by atoms with van der Waals surface area (Å²) in [6.07, 6.45) is 6.74. The predicted molar refractivity (Wildman–Crippen MR) is 366 cm³/mol. The Bertz CT molecular complexity index is 3100. The van der Waals surface area contributed by atoms with Crippen molar-refractivity contribution < 1.29 is 75.4 Å². The minimum absolute atomic E-state index is 0.0144. The molecule has 1 aromatic rings. The summed E-state index contributed by atoms with van der Waals surface area (Å²) in [6.45, 7) is 2.23. The summed E-state index contributed by atoms with van der Waals surface area (Å²) in [5.41, 5.74) is -2.35. The topological polar surface area (TPSA) is 279 Å². The number of rotatable bonds is 11. The van der Waals surface area contributed by atoms with Crippen LogP contribution in [0.2, 0.25) is 5.02 Å². The zero-order chi connectivity index (χ0) is 73.5. The highest BCUT2D eigenvalue weighted by molar-refractivity contribution is 6.31. The summed E-state index contributed by atoms with van der Waals surface area (Å²) in [5.74, 6) is -8.91. The molecule has 12 amide bonds. The average molecular weight is 1430 g/mol. The number of aryl methyl sites for hydroxylation is 1. The number of benzene rings is 1. The highest BCUT2D eigenvalue weighted by Crippen LogP contribution is 2.38. The Kier molecular flexibility index (Phi) is 29.0. The fraction of sp³-hybridized carbons (Fsp3) is 0.746. The van der Waals surface area contributed by atoms with Crippen LogP contribution >= 0.6 is 11.6 Å². The monoisotopic (exact) mass is 1430 g/mol. The van der Waals surface area contributed by atoms with Crippen molar-refractivity contribution in [2.75, 3.05) is 102 Å². The van der Waals surface area contributed by atoms with Gasteiger partial charge in [0, 0.05) is 76.1 Å². The first-order chi connectivity index (χ1) is 47.3. The molecular weight excluding hydrogens is 1320 g/mol. The molecule has 25 nitrogen and oxygen atoms in total. The van der Waals surface area contributed by atoms with Crippen molar-refractivity contribution in [1.29, 1.82) is 0 Å². The SMILES string of the molecule is CC[C@H](C)[C@@H]1NC(=O)[C@H](COC)N(C)C(=O)C[C@@H](C(=O)N2CCCCC2)N(C)C(=O)[C@H](C2CCCCC2)N(C)C(=O)C2(CCCC2)NC(=O)C2CCCN2C(=O)[C@H](CCc2ccc(C(F)(F)F)c(Cl)c2)NC(=O)CN(C)C(=O)[C@H](CC2CCCCC2)N(C)C(=O)CN(C)C(=O)CN(C)C1=O. The molecule has 3 saturated heterocycles. The van der Waals surface area contributed by atoms with Gasteiger partial charge in [-0.2, -0.15) is 13.2 Å². The number of methoxy groups -OCH3 is 1. The highest BCUT2D eigenvalue weighted by atomic mass is 35.5. The van der Waals surface area contributed by atoms with E-state index in [4.69, 9.17) is 16.3 Å². The first-order valence-electron chi connectivity index (χ1n) is 36.0. The number of alkyl halides is 3. The maximum atomic E-state index is 15.8. The summed E-state index contributed by atoms with van der Waals surface area (Å²) in [6, 6.07) is -5.84. The summed E-state index contributed by atoms with van der Waals surface area (Å²) in [4.78, 5) is 190. The highest BCUT2D eigenvalue weighted by Gasteiger charge is 2.51. The van der Waals surface area contributed by atoms with Crippen molar-refractivity contribution >= 4 is 82.5 Å². The lowest BCUT2D eigenvalue weighted by Crippen LogP contribution is -2.65. The minimum atomic E-state index is -4.76. The Balaban J connectivity index is 1.28. The molecule has 0 aromatic heterocycles. The van der Waals surface area contributed by atoms with Crippen LogP contribution in [0.4, 0.5) is 13.2 Å². The second-order valence-electron chi connectivity index (χ2n) is 29.0. The molecule has 7 rings (SSSR count). The van der Waals surface area contributed by atoms with Gasteiger partial charge in [0.05, 0.1) is 43.2 Å². The Hall–Kier alpha value is -7.10. The smallest absolute Gasteiger partial charge is 0.382 e. The number of likely N-dealkylation sites (N-methyl/N-ethyl adjacent to an activating group) is 7. The molecule has 1 unspecified atom stereocenters. The summed E-state index contributed by atoms with van der Waals surface area (Å²) in [5, 5.41) is 8.08. The Morgan fingerprint density at radius 1 is 0.640 bits per heavy atom. The van der Waals surface area contributed by atoms with Gasteiger partial charge in [-0.05, 0) is 112 Å². The van der Waals surface area contributed by atoms with Crippen molar-refractivity contribution in [3.05, 3.63) is 34.3 Å². The van der Waals surface area contributed by atoms with E-state index in [0.717, 1.165) is 89.5 Å². The lowest BCUT2D eigenvalue weighted by molar-refractivity contribution is -0.157. The number of likely N-dealkylation sites (tertiary alicyclic amines) is 1. The van der Waals surface area contributed by atoms with Crippen LogP contribution in [0.3, 0.4) is 0 Å². The molecule has 3 aliphatic heterocycles. The Morgan fingerprint density at radius 3 is 1.85 bits per heavy atom. The van der Waals surface area contributed by atoms with Crippen molar-refractivity contribution in [3.8, 4) is 0 Å². The van der Waals surface area contributed by atoms with Crippen molar-refractivity contribution in [2.24, 2.45) is 17.8 Å². The van der Waals surface area contributed by atoms with Crippen LogP contribution in [0.15, 0.2) is 18.2 Å². The van der Waals surface area contributed by atoms with Crippen LogP contribution in [-0.2, 0) is 74.9 Å². The maximum absolute atomic E-state index is 15.8. The molecule has 8 atom stereocenters. The van der Waals surface area contributed by atoms with Gasteiger partial charge >= 0.3 is 6.18 Å². The number of carbonyl (C=O) groups is 12. The molecule has 29 heteroatoms. The van der Waals surface area contributed by atoms with E-state index < -0.39 is 173 Å². The maximum Gasteiger partial charge on any atom is 0.417 e. The van der Waals surface area contributed by atoms with E-state index in [2.05, 4.69) is 16.0 Å². The minimum Gasteiger partial charge on any atom is -0.382 e. The van der Waals surface area contributed by atoms with Gasteiger partial charge in [-0.25, -0.2) is 0 Å². The van der Waals surface area contributed by atoms with Crippen LogP contribution in [0.1, 0.15) is 173 Å². The third-order valence-corrected chi connectivity index (χ3v) is 22.3. The van der Waals surface area contributed by atoms with Crippen molar-refractivity contribution in [1.82, 2.24) is 60.0 Å². The van der Waals surface area contributed by atoms with Crippen molar-refractivity contribution in [3.63, 3.8) is 0 Å². The lowest BCUT2D eigenvalue weighted by Gasteiger charge is -2.43. The Labute approximate surface area is 591 Å². The number of halogens is 4. The van der Waals surface area contributed by atoms with E-state index in [9.17, 15) is 46.7 Å². The van der Waals surface area contributed by atoms with Gasteiger partial charge in [0.15, 0.2) is 0 Å². The van der Waals surface area contributed by atoms with Crippen LogP contribution in [0, 0.1) is 17.8 Å². The van der Waals surface area contributed by atoms with Crippen LogP contribution in [0.25, 0.3) is 0 Å². The van der Waals surface area contributed by atoms with Gasteiger partial charge in [0.2, 0.25) is 70.9 Å². The van der Waals surface area contributed by atoms with Gasteiger partial charge in [-0.3, -0.25) is 57.5 Å². The van der Waals surface area contributed by atoms with E-state index in [1.165, 1.54) is 82.1 Å². The fourth-order valence-electron chi connectivity index (χ4n) is 15.5. The molecule has 100 heavy (non-hydrogen) atoms. The molecule has 1 spiro atoms. The summed E-state index contributed by atoms with van der Waals surface area (Å²) in [7, 11) is 11.2. The molecule has 3 aliphatic carbocycles. The first-order valence-corrected chi connectivity index (χ1v) is 36.4. The molecule has 558 valence electrons. The largest absolute Gasteiger partial charge is 0.417 e. The number of fused-ring (bicyclic) bond motifs is 1. The number of ether oxygens (including phenoxy) is 1. The average Bonchev–Trinajstić information content (AvgIpc) is 1.54. The van der Waals surface area contributed by atoms with E-state index in [-0.39, 0.29) is 57.6 Å². The second kappa shape index (κ2) is 36.2. The number of hydrogen-bond acceptors (Lipinski definition) is 13. The zero-order valence-corrected chi connectivity index (χ0v) is 61.0. The van der Waals surface area contributed by atoms with Crippen LogP contribution in [0.5, 0.6) is 0 Å². The number of nitrogens with one attached hydrogen (secondary N) is 3. The van der Waals surface area contributed by atoms with E-state index in [0.29, 0.717) is 70.0 Å². The molecule has 3 saturated carbocycles. The summed E-state index contributed by atoms with van der Waals surface area (Å²) >= 11 is 6.16. The third-order valence-electron chi connectivity index (χ3n) is 22.0. The molecular formula is C71H108ClF3N12O13. The molecule has 3 N–H and O–H groups in total.